The molecule has 2 heterocycles. The lowest BCUT2D eigenvalue weighted by Crippen LogP contribution is -2.48. The van der Waals surface area contributed by atoms with E-state index in [1.807, 2.05) is 0 Å². The predicted octanol–water partition coefficient (Wildman–Crippen LogP) is 2.44. The average molecular weight is 241 g/mol. The van der Waals surface area contributed by atoms with Crippen LogP contribution in [-0.4, -0.2) is 49.0 Å². The molecule has 2 atom stereocenters. The van der Waals surface area contributed by atoms with Crippen molar-refractivity contribution in [2.75, 3.05) is 20.3 Å². The molecule has 100 valence electrons. The Hall–Kier alpha value is -0.120. The van der Waals surface area contributed by atoms with Crippen LogP contribution in [-0.2, 0) is 9.47 Å². The normalized spacial score (nSPS) is 34.2. The summed E-state index contributed by atoms with van der Waals surface area (Å²) in [5.74, 6) is 0. The molecule has 0 amide bonds. The topological polar surface area (TPSA) is 21.7 Å². The minimum Gasteiger partial charge on any atom is -0.383 e. The number of piperidine rings is 1. The highest BCUT2D eigenvalue weighted by atomic mass is 16.5. The van der Waals surface area contributed by atoms with Gasteiger partial charge in [-0.15, -0.1) is 0 Å². The number of rotatable bonds is 4. The van der Waals surface area contributed by atoms with E-state index in [1.165, 1.54) is 25.7 Å². The largest absolute Gasteiger partial charge is 0.383 e. The first-order valence-corrected chi connectivity index (χ1v) is 6.92. The first-order chi connectivity index (χ1) is 7.99. The first-order valence-electron chi connectivity index (χ1n) is 6.92. The Balaban J connectivity index is 1.88. The van der Waals surface area contributed by atoms with Crippen molar-refractivity contribution in [2.24, 2.45) is 0 Å². The van der Waals surface area contributed by atoms with Gasteiger partial charge in [-0.2, -0.15) is 0 Å². The average Bonchev–Trinajstić information content (AvgIpc) is 2.44. The van der Waals surface area contributed by atoms with Crippen LogP contribution in [0.25, 0.3) is 0 Å². The molecular formula is C14H27NO2. The predicted molar refractivity (Wildman–Crippen MR) is 69.3 cm³/mol. The van der Waals surface area contributed by atoms with Crippen molar-refractivity contribution in [1.29, 1.82) is 0 Å². The van der Waals surface area contributed by atoms with E-state index in [0.29, 0.717) is 6.10 Å². The second kappa shape index (κ2) is 5.25. The van der Waals surface area contributed by atoms with Gasteiger partial charge in [-0.05, 0) is 46.5 Å². The zero-order valence-corrected chi connectivity index (χ0v) is 11.7. The highest BCUT2D eigenvalue weighted by Crippen LogP contribution is 2.37. The molecule has 0 aromatic rings. The number of nitrogens with zero attached hydrogens (tertiary/aromatic N) is 1. The van der Waals surface area contributed by atoms with Gasteiger partial charge in [-0.3, -0.25) is 4.90 Å². The molecule has 2 unspecified atom stereocenters. The van der Waals surface area contributed by atoms with Gasteiger partial charge in [0.25, 0.3) is 0 Å². The minimum absolute atomic E-state index is 0.00118. The van der Waals surface area contributed by atoms with Crippen molar-refractivity contribution in [3.8, 4) is 0 Å². The molecule has 0 radical (unpaired) electrons. The van der Waals surface area contributed by atoms with Crippen molar-refractivity contribution in [2.45, 2.75) is 70.2 Å². The van der Waals surface area contributed by atoms with Gasteiger partial charge >= 0.3 is 0 Å². The maximum absolute atomic E-state index is 6.15. The third-order valence-electron chi connectivity index (χ3n) is 3.91. The van der Waals surface area contributed by atoms with Crippen LogP contribution in [0.5, 0.6) is 0 Å². The van der Waals surface area contributed by atoms with Crippen LogP contribution in [0, 0.1) is 0 Å². The van der Waals surface area contributed by atoms with Gasteiger partial charge in [0.2, 0.25) is 0 Å². The van der Waals surface area contributed by atoms with E-state index in [2.05, 4.69) is 25.7 Å². The Morgan fingerprint density at radius 1 is 1.12 bits per heavy atom. The Morgan fingerprint density at radius 3 is 2.18 bits per heavy atom. The molecule has 0 aromatic carbocycles. The van der Waals surface area contributed by atoms with Crippen LogP contribution in [0.4, 0.5) is 0 Å². The molecule has 2 aliphatic rings. The Morgan fingerprint density at radius 2 is 1.71 bits per heavy atom. The fraction of sp³-hybridized carbons (Fsp3) is 1.00. The third-order valence-corrected chi connectivity index (χ3v) is 3.91. The van der Waals surface area contributed by atoms with Crippen LogP contribution in [0.3, 0.4) is 0 Å². The number of hydrogen-bond acceptors (Lipinski definition) is 3. The summed E-state index contributed by atoms with van der Waals surface area (Å²) in [6.45, 7) is 8.43. The number of hydrogen-bond donors (Lipinski definition) is 0. The molecule has 2 aliphatic heterocycles. The summed E-state index contributed by atoms with van der Waals surface area (Å²) < 4.78 is 11.4. The van der Waals surface area contributed by atoms with E-state index in [0.717, 1.165) is 25.2 Å². The molecule has 0 aromatic heterocycles. The fourth-order valence-electron chi connectivity index (χ4n) is 3.38. The number of ether oxygens (including phenoxy) is 2. The Bertz CT molecular complexity index is 235. The second-order valence-electron chi connectivity index (χ2n) is 6.44. The Labute approximate surface area is 105 Å². The summed E-state index contributed by atoms with van der Waals surface area (Å²) in [4.78, 5) is 2.64. The molecule has 3 nitrogen and oxygen atoms in total. The lowest BCUT2D eigenvalue weighted by atomic mass is 9.98. The van der Waals surface area contributed by atoms with E-state index in [-0.39, 0.29) is 5.60 Å². The zero-order valence-electron chi connectivity index (χ0n) is 11.7. The van der Waals surface area contributed by atoms with Gasteiger partial charge in [0, 0.05) is 25.7 Å². The van der Waals surface area contributed by atoms with Crippen molar-refractivity contribution in [3.05, 3.63) is 0 Å². The van der Waals surface area contributed by atoms with Gasteiger partial charge in [0.05, 0.1) is 18.3 Å². The van der Waals surface area contributed by atoms with E-state index >= 15 is 0 Å². The SMILES string of the molecule is COCCN1C2CCC1CC(OC(C)(C)C)C2. The van der Waals surface area contributed by atoms with E-state index in [1.54, 1.807) is 7.11 Å². The van der Waals surface area contributed by atoms with Gasteiger partial charge in [-0.1, -0.05) is 0 Å². The molecule has 2 saturated heterocycles. The monoisotopic (exact) mass is 241 g/mol. The summed E-state index contributed by atoms with van der Waals surface area (Å²) in [6, 6.07) is 1.47. The van der Waals surface area contributed by atoms with Crippen LogP contribution in [0.2, 0.25) is 0 Å². The molecule has 0 spiro atoms. The van der Waals surface area contributed by atoms with Gasteiger partial charge in [0.1, 0.15) is 0 Å². The van der Waals surface area contributed by atoms with Crippen LogP contribution in [0.1, 0.15) is 46.5 Å². The molecule has 0 aliphatic carbocycles. The fourth-order valence-corrected chi connectivity index (χ4v) is 3.38. The molecule has 17 heavy (non-hydrogen) atoms. The minimum atomic E-state index is -0.00118. The number of fused-ring (bicyclic) bond motifs is 2. The third kappa shape index (κ3) is 3.43. The van der Waals surface area contributed by atoms with E-state index < -0.39 is 0 Å². The molecular weight excluding hydrogens is 214 g/mol. The lowest BCUT2D eigenvalue weighted by Gasteiger charge is -2.40. The van der Waals surface area contributed by atoms with Crippen LogP contribution >= 0.6 is 0 Å². The Kier molecular flexibility index (Phi) is 4.11. The summed E-state index contributed by atoms with van der Waals surface area (Å²) in [5, 5.41) is 0. The molecule has 3 heteroatoms. The van der Waals surface area contributed by atoms with Gasteiger partial charge in [0.15, 0.2) is 0 Å². The van der Waals surface area contributed by atoms with Crippen molar-refractivity contribution >= 4 is 0 Å². The highest BCUT2D eigenvalue weighted by molar-refractivity contribution is 4.96. The zero-order chi connectivity index (χ0) is 12.5. The van der Waals surface area contributed by atoms with Crippen LogP contribution in [0.15, 0.2) is 0 Å². The molecule has 2 rings (SSSR count). The smallest absolute Gasteiger partial charge is 0.0612 e. The second-order valence-corrected chi connectivity index (χ2v) is 6.44. The quantitative estimate of drug-likeness (QED) is 0.754. The standard InChI is InChI=1S/C14H27NO2/c1-14(2,3)17-13-9-11-5-6-12(10-13)15(11)7-8-16-4/h11-13H,5-10H2,1-4H3. The van der Waals surface area contributed by atoms with Gasteiger partial charge < -0.3 is 9.47 Å². The van der Waals surface area contributed by atoms with Crippen molar-refractivity contribution in [1.82, 2.24) is 4.90 Å². The van der Waals surface area contributed by atoms with E-state index in [9.17, 15) is 0 Å². The first kappa shape index (κ1) is 13.3. The molecule has 2 fully saturated rings. The maximum atomic E-state index is 6.15. The summed E-state index contributed by atoms with van der Waals surface area (Å²) in [6.07, 6.45) is 5.57. The molecule has 0 saturated carbocycles. The molecule has 0 N–H and O–H groups in total. The lowest BCUT2D eigenvalue weighted by molar-refractivity contribution is -0.0971. The van der Waals surface area contributed by atoms with Gasteiger partial charge in [-0.25, -0.2) is 0 Å². The van der Waals surface area contributed by atoms with Crippen LogP contribution < -0.4 is 0 Å². The summed E-state index contributed by atoms with van der Waals surface area (Å²) >= 11 is 0. The van der Waals surface area contributed by atoms with E-state index in [4.69, 9.17) is 9.47 Å². The summed E-state index contributed by atoms with van der Waals surface area (Å²) in [7, 11) is 1.79. The summed E-state index contributed by atoms with van der Waals surface area (Å²) in [5.41, 5.74) is -0.00118. The van der Waals surface area contributed by atoms with Crippen molar-refractivity contribution < 1.29 is 9.47 Å². The van der Waals surface area contributed by atoms with Crippen molar-refractivity contribution in [3.63, 3.8) is 0 Å². The maximum Gasteiger partial charge on any atom is 0.0612 e. The number of methoxy groups -OCH3 is 1. The highest BCUT2D eigenvalue weighted by Gasteiger charge is 2.41. The molecule has 2 bridgehead atoms.